The van der Waals surface area contributed by atoms with Crippen LogP contribution in [0, 0.1) is 5.92 Å². The SMILES string of the molecule is CCCNCc1nc(CN2CCC(C)C(OC)C2)cs1. The van der Waals surface area contributed by atoms with Crippen molar-refractivity contribution in [2.45, 2.75) is 45.9 Å². The lowest BCUT2D eigenvalue weighted by molar-refractivity contribution is -0.00774. The van der Waals surface area contributed by atoms with E-state index in [1.165, 1.54) is 23.5 Å². The molecule has 0 radical (unpaired) electrons. The zero-order valence-corrected chi connectivity index (χ0v) is 13.7. The summed E-state index contributed by atoms with van der Waals surface area (Å²) >= 11 is 1.76. The maximum Gasteiger partial charge on any atom is 0.107 e. The van der Waals surface area contributed by atoms with Gasteiger partial charge in [0.05, 0.1) is 11.8 Å². The summed E-state index contributed by atoms with van der Waals surface area (Å²) in [4.78, 5) is 7.18. The standard InChI is InChI=1S/C15H27N3OS/c1-4-6-16-8-15-17-13(11-20-15)9-18-7-5-12(2)14(10-18)19-3/h11-12,14,16H,4-10H2,1-3H3. The summed E-state index contributed by atoms with van der Waals surface area (Å²) in [5.74, 6) is 0.667. The van der Waals surface area contributed by atoms with E-state index in [0.717, 1.165) is 32.7 Å². The highest BCUT2D eigenvalue weighted by molar-refractivity contribution is 7.09. The van der Waals surface area contributed by atoms with Gasteiger partial charge in [0.25, 0.3) is 0 Å². The number of aromatic nitrogens is 1. The van der Waals surface area contributed by atoms with Gasteiger partial charge in [-0.05, 0) is 31.8 Å². The minimum absolute atomic E-state index is 0.369. The third kappa shape index (κ3) is 4.52. The predicted molar refractivity (Wildman–Crippen MR) is 84.0 cm³/mol. The molecule has 4 nitrogen and oxygen atoms in total. The van der Waals surface area contributed by atoms with E-state index in [9.17, 15) is 0 Å². The van der Waals surface area contributed by atoms with E-state index in [0.29, 0.717) is 12.0 Å². The largest absolute Gasteiger partial charge is 0.380 e. The number of rotatable bonds is 7. The lowest BCUT2D eigenvalue weighted by atomic mass is 9.96. The molecular formula is C15H27N3OS. The number of methoxy groups -OCH3 is 1. The van der Waals surface area contributed by atoms with Crippen molar-refractivity contribution >= 4 is 11.3 Å². The number of ether oxygens (including phenoxy) is 1. The second-order valence-electron chi connectivity index (χ2n) is 5.68. The summed E-state index contributed by atoms with van der Waals surface area (Å²) in [7, 11) is 1.82. The third-order valence-electron chi connectivity index (χ3n) is 3.96. The van der Waals surface area contributed by atoms with Crippen LogP contribution in [0.25, 0.3) is 0 Å². The first-order valence-corrected chi connectivity index (χ1v) is 8.50. The van der Waals surface area contributed by atoms with Crippen LogP contribution in [-0.2, 0) is 17.8 Å². The van der Waals surface area contributed by atoms with Crippen LogP contribution in [0.2, 0.25) is 0 Å². The van der Waals surface area contributed by atoms with E-state index in [2.05, 4.69) is 29.4 Å². The number of nitrogens with one attached hydrogen (secondary N) is 1. The van der Waals surface area contributed by atoms with E-state index in [-0.39, 0.29) is 0 Å². The molecule has 2 heterocycles. The minimum atomic E-state index is 0.369. The van der Waals surface area contributed by atoms with E-state index in [1.54, 1.807) is 11.3 Å². The van der Waals surface area contributed by atoms with Gasteiger partial charge < -0.3 is 10.1 Å². The number of nitrogens with zero attached hydrogens (tertiary/aromatic N) is 2. The van der Waals surface area contributed by atoms with E-state index >= 15 is 0 Å². The molecule has 5 heteroatoms. The van der Waals surface area contributed by atoms with Gasteiger partial charge in [-0.15, -0.1) is 11.3 Å². The van der Waals surface area contributed by atoms with Gasteiger partial charge in [-0.2, -0.15) is 0 Å². The van der Waals surface area contributed by atoms with Crippen molar-refractivity contribution in [2.24, 2.45) is 5.92 Å². The van der Waals surface area contributed by atoms with Crippen LogP contribution in [0.15, 0.2) is 5.38 Å². The van der Waals surface area contributed by atoms with Gasteiger partial charge >= 0.3 is 0 Å². The summed E-state index contributed by atoms with van der Waals surface area (Å²) < 4.78 is 5.57. The molecule has 1 saturated heterocycles. The Labute approximate surface area is 126 Å². The molecule has 1 aromatic rings. The first kappa shape index (κ1) is 15.9. The Morgan fingerprint density at radius 3 is 3.15 bits per heavy atom. The average Bonchev–Trinajstić information content (AvgIpc) is 2.89. The van der Waals surface area contributed by atoms with Gasteiger partial charge in [0.2, 0.25) is 0 Å². The number of thiazole rings is 1. The second-order valence-corrected chi connectivity index (χ2v) is 6.63. The van der Waals surface area contributed by atoms with Crippen LogP contribution >= 0.6 is 11.3 Å². The fraction of sp³-hybridized carbons (Fsp3) is 0.800. The molecule has 1 aliphatic heterocycles. The van der Waals surface area contributed by atoms with Gasteiger partial charge in [-0.3, -0.25) is 4.90 Å². The summed E-state index contributed by atoms with van der Waals surface area (Å²) in [5.41, 5.74) is 1.20. The van der Waals surface area contributed by atoms with Crippen LogP contribution < -0.4 is 5.32 Å². The molecular weight excluding hydrogens is 270 g/mol. The summed E-state index contributed by atoms with van der Waals surface area (Å²) in [6.45, 7) is 9.57. The lowest BCUT2D eigenvalue weighted by Gasteiger charge is -2.35. The Balaban J connectivity index is 1.81. The van der Waals surface area contributed by atoms with Gasteiger partial charge in [0.15, 0.2) is 0 Å². The zero-order valence-electron chi connectivity index (χ0n) is 12.9. The zero-order chi connectivity index (χ0) is 14.4. The van der Waals surface area contributed by atoms with Crippen molar-refractivity contribution < 1.29 is 4.74 Å². The molecule has 2 atom stereocenters. The highest BCUT2D eigenvalue weighted by Crippen LogP contribution is 2.21. The fourth-order valence-electron chi connectivity index (χ4n) is 2.65. The van der Waals surface area contributed by atoms with Crippen molar-refractivity contribution in [2.75, 3.05) is 26.7 Å². The predicted octanol–water partition coefficient (Wildman–Crippen LogP) is 2.50. The minimum Gasteiger partial charge on any atom is -0.380 e. The molecule has 114 valence electrons. The molecule has 20 heavy (non-hydrogen) atoms. The maximum atomic E-state index is 5.57. The molecule has 2 unspecified atom stereocenters. The Kier molecular flexibility index (Phi) is 6.42. The van der Waals surface area contributed by atoms with Crippen LogP contribution in [0.5, 0.6) is 0 Å². The molecule has 1 N–H and O–H groups in total. The van der Waals surface area contributed by atoms with Crippen molar-refractivity contribution in [3.05, 3.63) is 16.1 Å². The first-order chi connectivity index (χ1) is 9.72. The van der Waals surface area contributed by atoms with Gasteiger partial charge in [-0.25, -0.2) is 4.98 Å². The van der Waals surface area contributed by atoms with Gasteiger partial charge in [0.1, 0.15) is 5.01 Å². The summed E-state index contributed by atoms with van der Waals surface area (Å²) in [5, 5.41) is 6.80. The van der Waals surface area contributed by atoms with Gasteiger partial charge in [-0.1, -0.05) is 13.8 Å². The third-order valence-corrected chi connectivity index (χ3v) is 4.86. The van der Waals surface area contributed by atoms with E-state index in [4.69, 9.17) is 9.72 Å². The van der Waals surface area contributed by atoms with E-state index < -0.39 is 0 Å². The van der Waals surface area contributed by atoms with Crippen LogP contribution in [-0.4, -0.2) is 42.7 Å². The number of hydrogen-bond acceptors (Lipinski definition) is 5. The smallest absolute Gasteiger partial charge is 0.107 e. The Bertz CT molecular complexity index is 396. The van der Waals surface area contributed by atoms with Crippen LogP contribution in [0.1, 0.15) is 37.4 Å². The molecule has 0 aromatic carbocycles. The van der Waals surface area contributed by atoms with Crippen molar-refractivity contribution in [3.8, 4) is 0 Å². The molecule has 0 aliphatic carbocycles. The Hall–Kier alpha value is -0.490. The number of likely N-dealkylation sites (tertiary alicyclic amines) is 1. The summed E-state index contributed by atoms with van der Waals surface area (Å²) in [6.07, 6.45) is 2.75. The molecule has 0 amide bonds. The quantitative estimate of drug-likeness (QED) is 0.785. The Morgan fingerprint density at radius 2 is 2.40 bits per heavy atom. The number of piperidine rings is 1. The first-order valence-electron chi connectivity index (χ1n) is 7.62. The molecule has 0 spiro atoms. The maximum absolute atomic E-state index is 5.57. The molecule has 0 bridgehead atoms. The van der Waals surface area contributed by atoms with E-state index in [1.807, 2.05) is 7.11 Å². The molecule has 2 rings (SSSR count). The molecule has 1 fully saturated rings. The second kappa shape index (κ2) is 8.08. The fourth-order valence-corrected chi connectivity index (χ4v) is 3.41. The molecule has 1 aliphatic rings. The van der Waals surface area contributed by atoms with Crippen LogP contribution in [0.4, 0.5) is 0 Å². The normalized spacial score (nSPS) is 24.1. The Morgan fingerprint density at radius 1 is 1.55 bits per heavy atom. The lowest BCUT2D eigenvalue weighted by Crippen LogP contribution is -2.43. The molecule has 1 aromatic heterocycles. The van der Waals surface area contributed by atoms with Crippen molar-refractivity contribution in [1.82, 2.24) is 15.2 Å². The highest BCUT2D eigenvalue weighted by atomic mass is 32.1. The summed E-state index contributed by atoms with van der Waals surface area (Å²) in [6, 6.07) is 0. The monoisotopic (exact) mass is 297 g/mol. The topological polar surface area (TPSA) is 37.4 Å². The van der Waals surface area contributed by atoms with Crippen molar-refractivity contribution in [1.29, 1.82) is 0 Å². The van der Waals surface area contributed by atoms with Crippen LogP contribution in [0.3, 0.4) is 0 Å². The number of hydrogen-bond donors (Lipinski definition) is 1. The molecule has 0 saturated carbocycles. The average molecular weight is 297 g/mol. The van der Waals surface area contributed by atoms with Gasteiger partial charge in [0, 0.05) is 32.1 Å². The van der Waals surface area contributed by atoms with Crippen molar-refractivity contribution in [3.63, 3.8) is 0 Å². The highest BCUT2D eigenvalue weighted by Gasteiger charge is 2.26.